The third-order valence-electron chi connectivity index (χ3n) is 4.36. The largest absolute Gasteiger partial charge is 0.260 e. The van der Waals surface area contributed by atoms with Gasteiger partial charge in [0, 0.05) is 25.1 Å². The molecule has 0 fully saturated rings. The molecule has 4 rings (SSSR count). The average Bonchev–Trinajstić information content (AvgIpc) is 3.08. The molecule has 0 spiro atoms. The van der Waals surface area contributed by atoms with Crippen LogP contribution in [-0.4, -0.2) is 9.78 Å². The summed E-state index contributed by atoms with van der Waals surface area (Å²) in [6, 6.07) is 22.6. The Morgan fingerprint density at radius 2 is 1.54 bits per heavy atom. The van der Waals surface area contributed by atoms with E-state index >= 15 is 0 Å². The number of nitrogens with zero attached hydrogens (tertiary/aromatic N) is 2. The van der Waals surface area contributed by atoms with Gasteiger partial charge in [0.25, 0.3) is 0 Å². The van der Waals surface area contributed by atoms with E-state index in [1.807, 2.05) is 53.2 Å². The van der Waals surface area contributed by atoms with Gasteiger partial charge in [-0.05, 0) is 48.0 Å². The van der Waals surface area contributed by atoms with Gasteiger partial charge < -0.3 is 0 Å². The molecule has 0 amide bonds. The van der Waals surface area contributed by atoms with Crippen LogP contribution in [0.2, 0.25) is 5.02 Å². The van der Waals surface area contributed by atoms with E-state index in [2.05, 4.69) is 37.9 Å². The van der Waals surface area contributed by atoms with Crippen LogP contribution in [-0.2, 0) is 6.54 Å². The van der Waals surface area contributed by atoms with Gasteiger partial charge in [0.05, 0.1) is 17.9 Å². The molecular weight excluding hydrogens is 507 g/mol. The van der Waals surface area contributed by atoms with Crippen LogP contribution in [0.5, 0.6) is 0 Å². The molecule has 1 heterocycles. The zero-order valence-electron chi connectivity index (χ0n) is 14.5. The lowest BCUT2D eigenvalue weighted by Crippen LogP contribution is -2.05. The summed E-state index contributed by atoms with van der Waals surface area (Å²) in [5.74, 6) is -0.351. The lowest BCUT2D eigenvalue weighted by Gasteiger charge is -2.10. The Balaban J connectivity index is 1.83. The number of aromatic nitrogens is 2. The second-order valence-electron chi connectivity index (χ2n) is 6.33. The van der Waals surface area contributed by atoms with Gasteiger partial charge in [-0.25, -0.2) is 4.39 Å². The van der Waals surface area contributed by atoms with Crippen molar-refractivity contribution < 1.29 is 4.39 Å². The fraction of sp³-hybridized carbons (Fsp3) is 0.0455. The fourth-order valence-corrected chi connectivity index (χ4v) is 4.04. The molecule has 3 aromatic carbocycles. The third kappa shape index (κ3) is 4.22. The normalized spacial score (nSPS) is 11.0. The Morgan fingerprint density at radius 3 is 2.21 bits per heavy atom. The van der Waals surface area contributed by atoms with Gasteiger partial charge in [-0.15, -0.1) is 0 Å². The molecule has 0 atom stereocenters. The van der Waals surface area contributed by atoms with E-state index in [-0.39, 0.29) is 5.82 Å². The molecule has 2 nitrogen and oxygen atoms in total. The van der Waals surface area contributed by atoms with Crippen molar-refractivity contribution in [3.63, 3.8) is 0 Å². The van der Waals surface area contributed by atoms with Crippen molar-refractivity contribution in [3.05, 3.63) is 98.1 Å². The zero-order valence-corrected chi connectivity index (χ0v) is 18.5. The Morgan fingerprint density at radius 1 is 0.857 bits per heavy atom. The maximum atomic E-state index is 13.4. The lowest BCUT2D eigenvalue weighted by molar-refractivity contribution is 0.625. The summed E-state index contributed by atoms with van der Waals surface area (Å²) in [5.41, 5.74) is 4.66. The highest BCUT2D eigenvalue weighted by Gasteiger charge is 2.14. The minimum absolute atomic E-state index is 0.351. The molecule has 0 aliphatic heterocycles. The van der Waals surface area contributed by atoms with Crippen LogP contribution in [0.1, 0.15) is 5.56 Å². The van der Waals surface area contributed by atoms with Gasteiger partial charge >= 0.3 is 0 Å². The second kappa shape index (κ2) is 8.19. The molecular formula is C22H14Br2ClFN2. The van der Waals surface area contributed by atoms with Gasteiger partial charge in [-0.2, -0.15) is 5.10 Å². The van der Waals surface area contributed by atoms with E-state index in [4.69, 9.17) is 16.7 Å². The van der Waals surface area contributed by atoms with Crippen LogP contribution in [0.15, 0.2) is 81.7 Å². The van der Waals surface area contributed by atoms with Gasteiger partial charge in [0.1, 0.15) is 5.82 Å². The van der Waals surface area contributed by atoms with E-state index in [9.17, 15) is 4.39 Å². The quantitative estimate of drug-likeness (QED) is 0.271. The number of rotatable bonds is 4. The topological polar surface area (TPSA) is 17.8 Å². The average molecular weight is 521 g/mol. The molecule has 0 bridgehead atoms. The summed E-state index contributed by atoms with van der Waals surface area (Å²) in [7, 11) is 0. The van der Waals surface area contributed by atoms with Crippen molar-refractivity contribution in [2.24, 2.45) is 0 Å². The lowest BCUT2D eigenvalue weighted by atomic mass is 10.1. The van der Waals surface area contributed by atoms with Gasteiger partial charge in [-0.3, -0.25) is 4.68 Å². The molecule has 0 aliphatic carbocycles. The molecule has 0 saturated heterocycles. The van der Waals surface area contributed by atoms with Gasteiger partial charge in [0.2, 0.25) is 0 Å². The van der Waals surface area contributed by atoms with E-state index in [0.29, 0.717) is 11.6 Å². The Kier molecular flexibility index (Phi) is 5.67. The molecule has 4 aromatic rings. The van der Waals surface area contributed by atoms with Crippen LogP contribution < -0.4 is 0 Å². The van der Waals surface area contributed by atoms with Crippen molar-refractivity contribution in [2.75, 3.05) is 0 Å². The van der Waals surface area contributed by atoms with Crippen molar-refractivity contribution in [1.82, 2.24) is 9.78 Å². The maximum absolute atomic E-state index is 13.4. The number of halogens is 4. The molecule has 0 unspecified atom stereocenters. The Hall–Kier alpha value is -1.95. The summed E-state index contributed by atoms with van der Waals surface area (Å²) < 4.78 is 17.3. The van der Waals surface area contributed by atoms with Crippen LogP contribution in [0.3, 0.4) is 0 Å². The summed E-state index contributed by atoms with van der Waals surface area (Å²) in [5, 5.41) is 5.20. The zero-order chi connectivity index (χ0) is 19.7. The molecule has 140 valence electrons. The van der Waals surface area contributed by atoms with Crippen LogP contribution in [0.25, 0.3) is 22.5 Å². The molecule has 1 aromatic heterocycles. The molecule has 28 heavy (non-hydrogen) atoms. The minimum atomic E-state index is -0.351. The highest BCUT2D eigenvalue weighted by molar-refractivity contribution is 9.10. The maximum Gasteiger partial charge on any atom is 0.124 e. The number of hydrogen-bond acceptors (Lipinski definition) is 1. The van der Waals surface area contributed by atoms with E-state index in [1.165, 1.54) is 12.1 Å². The first-order valence-corrected chi connectivity index (χ1v) is 10.5. The van der Waals surface area contributed by atoms with E-state index in [1.54, 1.807) is 6.07 Å². The monoisotopic (exact) mass is 518 g/mol. The fourth-order valence-electron chi connectivity index (χ4n) is 3.02. The molecule has 0 aliphatic rings. The van der Waals surface area contributed by atoms with Crippen LogP contribution in [0, 0.1) is 5.82 Å². The summed E-state index contributed by atoms with van der Waals surface area (Å²) >= 11 is 13.3. The van der Waals surface area contributed by atoms with Gasteiger partial charge in [-0.1, -0.05) is 73.8 Å². The Bertz CT molecular complexity index is 1160. The number of hydrogen-bond donors (Lipinski definition) is 0. The first-order valence-electron chi connectivity index (χ1n) is 8.53. The molecule has 0 N–H and O–H groups in total. The molecule has 0 saturated carbocycles. The molecule has 6 heteroatoms. The first kappa shape index (κ1) is 19.4. The van der Waals surface area contributed by atoms with E-state index in [0.717, 1.165) is 37.0 Å². The Labute approximate surface area is 184 Å². The standard InChI is InChI=1S/C22H14Br2ClFN2/c23-17-5-1-3-14(9-17)21-12-22(15-4-2-6-18(24)10-15)28(27-21)13-16-7-8-19(26)11-20(16)25/h1-12H,13H2. The van der Waals surface area contributed by atoms with Gasteiger partial charge in [0.15, 0.2) is 0 Å². The predicted molar refractivity (Wildman–Crippen MR) is 119 cm³/mol. The highest BCUT2D eigenvalue weighted by atomic mass is 79.9. The summed E-state index contributed by atoms with van der Waals surface area (Å²) in [4.78, 5) is 0. The smallest absolute Gasteiger partial charge is 0.124 e. The van der Waals surface area contributed by atoms with Crippen molar-refractivity contribution >= 4 is 43.5 Å². The highest BCUT2D eigenvalue weighted by Crippen LogP contribution is 2.30. The van der Waals surface area contributed by atoms with Crippen LogP contribution in [0.4, 0.5) is 4.39 Å². The third-order valence-corrected chi connectivity index (χ3v) is 5.69. The predicted octanol–water partition coefficient (Wildman–Crippen LogP) is 7.58. The van der Waals surface area contributed by atoms with Crippen molar-refractivity contribution in [3.8, 4) is 22.5 Å². The minimum Gasteiger partial charge on any atom is -0.260 e. The molecule has 0 radical (unpaired) electrons. The summed E-state index contributed by atoms with van der Waals surface area (Å²) in [6.45, 7) is 0.439. The van der Waals surface area contributed by atoms with E-state index < -0.39 is 0 Å². The van der Waals surface area contributed by atoms with Crippen LogP contribution >= 0.6 is 43.5 Å². The van der Waals surface area contributed by atoms with Crippen molar-refractivity contribution in [1.29, 1.82) is 0 Å². The number of benzene rings is 3. The summed E-state index contributed by atoms with van der Waals surface area (Å²) in [6.07, 6.45) is 0. The first-order chi connectivity index (χ1) is 13.5. The SMILES string of the molecule is Fc1ccc(Cn2nc(-c3cccc(Br)c3)cc2-c2cccc(Br)c2)c(Cl)c1. The second-order valence-corrected chi connectivity index (χ2v) is 8.57. The van der Waals surface area contributed by atoms with Crippen molar-refractivity contribution in [2.45, 2.75) is 6.54 Å².